The fourth-order valence-corrected chi connectivity index (χ4v) is 4.40. The van der Waals surface area contributed by atoms with E-state index in [9.17, 15) is 21.6 Å². The number of nitrogens with zero attached hydrogens (tertiary/aromatic N) is 3. The molecule has 0 atom stereocenters. The minimum Gasteiger partial charge on any atom is -0.406 e. The van der Waals surface area contributed by atoms with Crippen molar-refractivity contribution in [2.75, 3.05) is 32.7 Å². The van der Waals surface area contributed by atoms with Crippen LogP contribution in [-0.4, -0.2) is 61.7 Å². The minimum atomic E-state index is -4.81. The number of benzene rings is 1. The number of ether oxygens (including phenoxy) is 1. The van der Waals surface area contributed by atoms with Crippen LogP contribution in [-0.2, 0) is 16.4 Å². The Balaban J connectivity index is 1.55. The van der Waals surface area contributed by atoms with Gasteiger partial charge in [0, 0.05) is 51.0 Å². The molecule has 152 valence electrons. The van der Waals surface area contributed by atoms with E-state index in [4.69, 9.17) is 0 Å². The molecule has 0 radical (unpaired) electrons. The van der Waals surface area contributed by atoms with E-state index in [0.717, 1.165) is 42.9 Å². The van der Waals surface area contributed by atoms with E-state index in [1.165, 1.54) is 4.31 Å². The first-order valence-electron chi connectivity index (χ1n) is 8.72. The SMILES string of the molecule is O=S(=O)(c1ccc(OC(F)(F)F)cc1)N1CCN(CCc2ccccn2)CC1. The molecule has 28 heavy (non-hydrogen) atoms. The van der Waals surface area contributed by atoms with E-state index >= 15 is 0 Å². The van der Waals surface area contributed by atoms with E-state index in [0.29, 0.717) is 26.2 Å². The lowest BCUT2D eigenvalue weighted by atomic mass is 10.2. The van der Waals surface area contributed by atoms with Gasteiger partial charge in [0.05, 0.1) is 4.90 Å². The lowest BCUT2D eigenvalue weighted by Gasteiger charge is -2.33. The van der Waals surface area contributed by atoms with Crippen LogP contribution in [0.25, 0.3) is 0 Å². The first-order chi connectivity index (χ1) is 13.2. The predicted molar refractivity (Wildman–Crippen MR) is 96.3 cm³/mol. The summed E-state index contributed by atoms with van der Waals surface area (Å²) in [5, 5.41) is 0. The van der Waals surface area contributed by atoms with E-state index in [1.54, 1.807) is 6.20 Å². The second-order valence-corrected chi connectivity index (χ2v) is 8.27. The molecule has 2 heterocycles. The first-order valence-corrected chi connectivity index (χ1v) is 10.2. The molecule has 2 aromatic rings. The predicted octanol–water partition coefficient (Wildman–Crippen LogP) is 2.53. The second-order valence-electron chi connectivity index (χ2n) is 6.34. The fourth-order valence-electron chi connectivity index (χ4n) is 2.97. The van der Waals surface area contributed by atoms with Crippen LogP contribution in [0.5, 0.6) is 5.75 Å². The highest BCUT2D eigenvalue weighted by Gasteiger charge is 2.32. The van der Waals surface area contributed by atoms with Gasteiger partial charge in [0.25, 0.3) is 0 Å². The van der Waals surface area contributed by atoms with Crippen molar-refractivity contribution in [3.8, 4) is 5.75 Å². The van der Waals surface area contributed by atoms with Gasteiger partial charge in [-0.1, -0.05) is 6.07 Å². The van der Waals surface area contributed by atoms with E-state index in [1.807, 2.05) is 18.2 Å². The molecule has 3 rings (SSSR count). The van der Waals surface area contributed by atoms with Crippen LogP contribution in [0.4, 0.5) is 13.2 Å². The molecule has 0 unspecified atom stereocenters. The topological polar surface area (TPSA) is 62.7 Å². The Bertz CT molecular complexity index is 866. The van der Waals surface area contributed by atoms with Crippen molar-refractivity contribution in [3.63, 3.8) is 0 Å². The van der Waals surface area contributed by atoms with Gasteiger partial charge < -0.3 is 9.64 Å². The standard InChI is InChI=1S/C18H20F3N3O3S/c19-18(20,21)27-16-4-6-17(7-5-16)28(25,26)24-13-11-23(12-14-24)10-8-15-3-1-2-9-22-15/h1-7,9H,8,10-14H2. The normalized spacial score (nSPS) is 16.8. The number of halogens is 3. The minimum absolute atomic E-state index is 0.0519. The third kappa shape index (κ3) is 5.43. The van der Waals surface area contributed by atoms with E-state index < -0.39 is 22.1 Å². The summed E-state index contributed by atoms with van der Waals surface area (Å²) in [5.74, 6) is -0.453. The molecule has 0 amide bonds. The maximum atomic E-state index is 12.7. The molecule has 1 aromatic heterocycles. The van der Waals surface area contributed by atoms with Crippen LogP contribution in [0.15, 0.2) is 53.6 Å². The van der Waals surface area contributed by atoms with Crippen molar-refractivity contribution >= 4 is 10.0 Å². The van der Waals surface area contributed by atoms with Crippen LogP contribution in [0, 0.1) is 0 Å². The molecule has 0 spiro atoms. The monoisotopic (exact) mass is 415 g/mol. The molecule has 0 aliphatic carbocycles. The van der Waals surface area contributed by atoms with Crippen LogP contribution in [0.3, 0.4) is 0 Å². The smallest absolute Gasteiger partial charge is 0.406 e. The molecule has 0 bridgehead atoms. The lowest BCUT2D eigenvalue weighted by Crippen LogP contribution is -2.49. The maximum absolute atomic E-state index is 12.7. The molecular formula is C18H20F3N3O3S. The van der Waals surface area contributed by atoms with Gasteiger partial charge >= 0.3 is 6.36 Å². The number of hydrogen-bond acceptors (Lipinski definition) is 5. The fraction of sp³-hybridized carbons (Fsp3) is 0.389. The highest BCUT2D eigenvalue weighted by atomic mass is 32.2. The maximum Gasteiger partial charge on any atom is 0.573 e. The summed E-state index contributed by atoms with van der Waals surface area (Å²) in [5.41, 5.74) is 0.985. The summed E-state index contributed by atoms with van der Waals surface area (Å²) in [6, 6.07) is 10.0. The molecule has 1 aliphatic heterocycles. The van der Waals surface area contributed by atoms with Gasteiger partial charge in [0.1, 0.15) is 5.75 Å². The van der Waals surface area contributed by atoms with Crippen LogP contribution in [0.1, 0.15) is 5.69 Å². The molecule has 6 nitrogen and oxygen atoms in total. The van der Waals surface area contributed by atoms with Gasteiger partial charge in [-0.05, 0) is 36.4 Å². The molecule has 10 heteroatoms. The zero-order chi connectivity index (χ0) is 20.2. The molecule has 1 fully saturated rings. The lowest BCUT2D eigenvalue weighted by molar-refractivity contribution is -0.274. The molecule has 1 aliphatic rings. The van der Waals surface area contributed by atoms with Crippen molar-refractivity contribution in [3.05, 3.63) is 54.4 Å². The van der Waals surface area contributed by atoms with Crippen molar-refractivity contribution in [1.82, 2.24) is 14.2 Å². The van der Waals surface area contributed by atoms with Gasteiger partial charge in [-0.15, -0.1) is 13.2 Å². The number of aromatic nitrogens is 1. The number of rotatable bonds is 6. The number of piperazine rings is 1. The largest absolute Gasteiger partial charge is 0.573 e. The second kappa shape index (κ2) is 8.46. The Morgan fingerprint density at radius 2 is 1.68 bits per heavy atom. The Morgan fingerprint density at radius 1 is 1.00 bits per heavy atom. The van der Waals surface area contributed by atoms with Crippen LogP contribution < -0.4 is 4.74 Å². The summed E-state index contributed by atoms with van der Waals surface area (Å²) >= 11 is 0. The molecule has 0 saturated carbocycles. The molecule has 1 saturated heterocycles. The number of hydrogen-bond donors (Lipinski definition) is 0. The summed E-state index contributed by atoms with van der Waals surface area (Å²) in [4.78, 5) is 6.39. The quantitative estimate of drug-likeness (QED) is 0.726. The zero-order valence-electron chi connectivity index (χ0n) is 15.0. The van der Waals surface area contributed by atoms with Crippen molar-refractivity contribution in [1.29, 1.82) is 0 Å². The van der Waals surface area contributed by atoms with Crippen molar-refractivity contribution < 1.29 is 26.3 Å². The first kappa shape index (κ1) is 20.6. The van der Waals surface area contributed by atoms with Crippen molar-refractivity contribution in [2.45, 2.75) is 17.7 Å². The zero-order valence-corrected chi connectivity index (χ0v) is 15.8. The third-order valence-corrected chi connectivity index (χ3v) is 6.35. The van der Waals surface area contributed by atoms with E-state index in [-0.39, 0.29) is 4.90 Å². The molecular weight excluding hydrogens is 395 g/mol. The summed E-state index contributed by atoms with van der Waals surface area (Å²) < 4.78 is 67.2. The Morgan fingerprint density at radius 3 is 2.25 bits per heavy atom. The van der Waals surface area contributed by atoms with Crippen LogP contribution in [0.2, 0.25) is 0 Å². The van der Waals surface area contributed by atoms with Crippen LogP contribution >= 0.6 is 0 Å². The Hall–Kier alpha value is -2.17. The van der Waals surface area contributed by atoms with Gasteiger partial charge in [0.15, 0.2) is 0 Å². The van der Waals surface area contributed by atoms with Gasteiger partial charge in [-0.25, -0.2) is 8.42 Å². The highest BCUT2D eigenvalue weighted by molar-refractivity contribution is 7.89. The summed E-state index contributed by atoms with van der Waals surface area (Å²) in [6.07, 6.45) is -2.29. The summed E-state index contributed by atoms with van der Waals surface area (Å²) in [6.45, 7) is 2.60. The average Bonchev–Trinajstić information content (AvgIpc) is 2.67. The summed E-state index contributed by atoms with van der Waals surface area (Å²) in [7, 11) is -3.76. The van der Waals surface area contributed by atoms with Crippen molar-refractivity contribution in [2.24, 2.45) is 0 Å². The molecule has 1 aromatic carbocycles. The number of pyridine rings is 1. The average molecular weight is 415 g/mol. The number of sulfonamides is 1. The molecule has 0 N–H and O–H groups in total. The number of alkyl halides is 3. The van der Waals surface area contributed by atoms with Gasteiger partial charge in [-0.2, -0.15) is 4.31 Å². The van der Waals surface area contributed by atoms with Gasteiger partial charge in [-0.3, -0.25) is 4.98 Å². The van der Waals surface area contributed by atoms with Gasteiger partial charge in [0.2, 0.25) is 10.0 Å². The third-order valence-electron chi connectivity index (χ3n) is 4.44. The highest BCUT2D eigenvalue weighted by Crippen LogP contribution is 2.25. The Kier molecular flexibility index (Phi) is 6.21. The Labute approximate surface area is 161 Å². The van der Waals surface area contributed by atoms with E-state index in [2.05, 4.69) is 14.6 Å².